The Morgan fingerprint density at radius 1 is 1.11 bits per heavy atom. The summed E-state index contributed by atoms with van der Waals surface area (Å²) in [6.45, 7) is 2.38. The van der Waals surface area contributed by atoms with Gasteiger partial charge >= 0.3 is 0 Å². The molecule has 9 nitrogen and oxygen atoms in total. The van der Waals surface area contributed by atoms with Gasteiger partial charge in [0.2, 0.25) is 12.3 Å². The standard InChI is InChI=1S/C23H26F2N2O4S.C11H12FN3/c1-27(15-28)13-17-12-18(7-10-21(17)32(30)19-8-9-19)26-23(29)11-6-16-4-2-3-5-20(16)31-14-22(24)25;1-2-14-7-3-4-8-9(5-7)10(12)6-15-11(8)13/h2-5,7,10,12,15,19,22H,6,8-9,11,13-14H2,1H3,(H,26,29);3-6,14H,2H2,1H3,(H2,13,15). The molecule has 4 N–H and O–H groups in total. The van der Waals surface area contributed by atoms with Gasteiger partial charge in [0.15, 0.2) is 0 Å². The first-order valence-electron chi connectivity index (χ1n) is 15.1. The second-order valence-electron chi connectivity index (χ2n) is 11.0. The van der Waals surface area contributed by atoms with E-state index in [1.807, 2.05) is 13.0 Å². The summed E-state index contributed by atoms with van der Waals surface area (Å²) in [5, 5.41) is 7.24. The average Bonchev–Trinajstić information content (AvgIpc) is 3.91. The van der Waals surface area contributed by atoms with Crippen LogP contribution >= 0.6 is 0 Å². The van der Waals surface area contributed by atoms with Gasteiger partial charge in [-0.3, -0.25) is 13.8 Å². The first kappa shape index (κ1) is 35.2. The fraction of sp³-hybridized carbons (Fsp3) is 0.324. The summed E-state index contributed by atoms with van der Waals surface area (Å²) in [6.07, 6.45) is 1.59. The number of para-hydroxylation sites is 1. The van der Waals surface area contributed by atoms with Crippen LogP contribution in [0.1, 0.15) is 37.3 Å². The van der Waals surface area contributed by atoms with Crippen LogP contribution in [-0.4, -0.2) is 58.3 Å². The molecule has 1 aliphatic carbocycles. The van der Waals surface area contributed by atoms with E-state index in [1.165, 1.54) is 4.90 Å². The molecule has 13 heteroatoms. The maximum Gasteiger partial charge on any atom is 0.272 e. The van der Waals surface area contributed by atoms with Crippen molar-refractivity contribution in [1.29, 1.82) is 0 Å². The summed E-state index contributed by atoms with van der Waals surface area (Å²) in [5.74, 6) is 0.0968. The number of fused-ring (bicyclic) bond motifs is 1. The van der Waals surface area contributed by atoms with Gasteiger partial charge < -0.3 is 26.0 Å². The van der Waals surface area contributed by atoms with Crippen LogP contribution in [0.3, 0.4) is 0 Å². The number of anilines is 3. The smallest absolute Gasteiger partial charge is 0.272 e. The van der Waals surface area contributed by atoms with Crippen LogP contribution in [0.25, 0.3) is 10.8 Å². The quantitative estimate of drug-likeness (QED) is 0.138. The Kier molecular flexibility index (Phi) is 12.6. The Morgan fingerprint density at radius 3 is 2.55 bits per heavy atom. The molecule has 2 amide bonds. The number of nitrogens with zero attached hydrogens (tertiary/aromatic N) is 2. The van der Waals surface area contributed by atoms with E-state index in [4.69, 9.17) is 10.5 Å². The lowest BCUT2D eigenvalue weighted by Gasteiger charge is -2.16. The Labute approximate surface area is 274 Å². The molecule has 0 saturated heterocycles. The number of halogens is 3. The summed E-state index contributed by atoms with van der Waals surface area (Å²) in [7, 11) is 0.500. The van der Waals surface area contributed by atoms with E-state index in [1.54, 1.807) is 61.6 Å². The number of nitrogen functional groups attached to an aromatic ring is 1. The monoisotopic (exact) mass is 669 g/mol. The lowest BCUT2D eigenvalue weighted by atomic mass is 10.1. The van der Waals surface area contributed by atoms with Crippen molar-refractivity contribution in [3.05, 3.63) is 83.8 Å². The zero-order valence-electron chi connectivity index (χ0n) is 26.2. The molecule has 47 heavy (non-hydrogen) atoms. The molecule has 0 aliphatic heterocycles. The second-order valence-corrected chi connectivity index (χ2v) is 12.7. The Morgan fingerprint density at radius 2 is 1.85 bits per heavy atom. The largest absolute Gasteiger partial charge is 0.487 e. The zero-order valence-corrected chi connectivity index (χ0v) is 27.0. The van der Waals surface area contributed by atoms with Crippen LogP contribution in [0.2, 0.25) is 0 Å². The third-order valence-electron chi connectivity index (χ3n) is 7.20. The molecule has 0 bridgehead atoms. The van der Waals surface area contributed by atoms with E-state index in [-0.39, 0.29) is 29.9 Å². The molecule has 1 aliphatic rings. The van der Waals surface area contributed by atoms with E-state index in [0.29, 0.717) is 51.3 Å². The molecule has 4 aromatic rings. The molecule has 3 aromatic carbocycles. The third-order valence-corrected chi connectivity index (χ3v) is 9.11. The first-order valence-corrected chi connectivity index (χ1v) is 16.4. The number of amides is 2. The number of nitrogens with two attached hydrogens (primary N) is 1. The van der Waals surface area contributed by atoms with Gasteiger partial charge in [-0.2, -0.15) is 0 Å². The zero-order chi connectivity index (χ0) is 33.9. The van der Waals surface area contributed by atoms with Crippen molar-refractivity contribution in [3.8, 4) is 5.75 Å². The molecule has 1 heterocycles. The highest BCUT2D eigenvalue weighted by Gasteiger charge is 2.30. The van der Waals surface area contributed by atoms with E-state index in [0.717, 1.165) is 36.8 Å². The molecule has 250 valence electrons. The fourth-order valence-electron chi connectivity index (χ4n) is 4.76. The minimum atomic E-state index is -2.57. The van der Waals surface area contributed by atoms with E-state index in [9.17, 15) is 27.0 Å². The van der Waals surface area contributed by atoms with Gasteiger partial charge in [-0.05, 0) is 79.8 Å². The predicted molar refractivity (Wildman–Crippen MR) is 179 cm³/mol. The lowest BCUT2D eigenvalue weighted by molar-refractivity contribution is -0.117. The summed E-state index contributed by atoms with van der Waals surface area (Å²) in [4.78, 5) is 29.4. The number of rotatable bonds is 14. The van der Waals surface area contributed by atoms with Crippen LogP contribution in [0.4, 0.5) is 30.4 Å². The molecule has 5 rings (SSSR count). The molecule has 0 radical (unpaired) electrons. The first-order chi connectivity index (χ1) is 22.6. The Bertz CT molecular complexity index is 1720. The van der Waals surface area contributed by atoms with Crippen LogP contribution in [-0.2, 0) is 33.4 Å². The van der Waals surface area contributed by atoms with Gasteiger partial charge in [0.1, 0.15) is 24.0 Å². The number of carbonyl (C=O) groups excluding carboxylic acids is 2. The lowest BCUT2D eigenvalue weighted by Crippen LogP contribution is -2.18. The maximum absolute atomic E-state index is 13.4. The Hall–Kier alpha value is -4.65. The molecule has 1 aromatic heterocycles. The van der Waals surface area contributed by atoms with Crippen molar-refractivity contribution in [2.45, 2.75) is 55.7 Å². The van der Waals surface area contributed by atoms with E-state index < -0.39 is 23.8 Å². The summed E-state index contributed by atoms with van der Waals surface area (Å²) in [5.41, 5.74) is 8.48. The number of hydrogen-bond acceptors (Lipinski definition) is 7. The predicted octanol–water partition coefficient (Wildman–Crippen LogP) is 6.15. The van der Waals surface area contributed by atoms with Gasteiger partial charge in [-0.1, -0.05) is 18.2 Å². The third kappa shape index (κ3) is 10.2. The summed E-state index contributed by atoms with van der Waals surface area (Å²) >= 11 is 0. The van der Waals surface area contributed by atoms with Gasteiger partial charge in [-0.15, -0.1) is 0 Å². The summed E-state index contributed by atoms with van der Waals surface area (Å²) in [6, 6.07) is 17.4. The average molecular weight is 670 g/mol. The topological polar surface area (TPSA) is 127 Å². The van der Waals surface area contributed by atoms with Crippen molar-refractivity contribution in [1.82, 2.24) is 9.88 Å². The van der Waals surface area contributed by atoms with Crippen molar-refractivity contribution in [3.63, 3.8) is 0 Å². The molecule has 1 fully saturated rings. The van der Waals surface area contributed by atoms with Gasteiger partial charge in [0, 0.05) is 58.9 Å². The van der Waals surface area contributed by atoms with Crippen molar-refractivity contribution in [2.75, 3.05) is 36.6 Å². The van der Waals surface area contributed by atoms with Crippen molar-refractivity contribution in [2.24, 2.45) is 0 Å². The molecule has 1 atom stereocenters. The minimum Gasteiger partial charge on any atom is -0.487 e. The normalized spacial score (nSPS) is 13.0. The second kappa shape index (κ2) is 16.8. The number of alkyl halides is 2. The van der Waals surface area contributed by atoms with Crippen molar-refractivity contribution < 1.29 is 31.7 Å². The molecule has 0 spiro atoms. The molecular weight excluding hydrogens is 631 g/mol. The SMILES string of the molecule is CCNc1ccc2c(N)ncc(F)c2c1.CN(C=O)Cc1cc(NC(=O)CCc2ccccc2OCC(F)F)ccc1S(=O)C1CC1. The number of pyridine rings is 1. The molecule has 1 saturated carbocycles. The molecule has 1 unspecified atom stereocenters. The number of aryl methyl sites for hydroxylation is 1. The van der Waals surface area contributed by atoms with Gasteiger partial charge in [0.05, 0.1) is 17.0 Å². The highest BCUT2D eigenvalue weighted by Crippen LogP contribution is 2.33. The van der Waals surface area contributed by atoms with Gasteiger partial charge in [-0.25, -0.2) is 18.2 Å². The summed E-state index contributed by atoms with van der Waals surface area (Å²) < 4.78 is 56.1. The van der Waals surface area contributed by atoms with Gasteiger partial charge in [0.25, 0.3) is 6.43 Å². The number of aromatic nitrogens is 1. The Balaban J connectivity index is 0.000000277. The number of benzene rings is 3. The highest BCUT2D eigenvalue weighted by atomic mass is 32.2. The minimum absolute atomic E-state index is 0.133. The fourth-order valence-corrected chi connectivity index (χ4v) is 6.27. The number of carbonyl (C=O) groups is 2. The molecular formula is C34H38F3N5O4S. The van der Waals surface area contributed by atoms with Crippen molar-refractivity contribution >= 4 is 51.1 Å². The van der Waals surface area contributed by atoms with E-state index >= 15 is 0 Å². The van der Waals surface area contributed by atoms with Crippen LogP contribution in [0.5, 0.6) is 5.75 Å². The van der Waals surface area contributed by atoms with Crippen LogP contribution in [0.15, 0.2) is 71.8 Å². The number of hydrogen-bond donors (Lipinski definition) is 3. The number of nitrogens with one attached hydrogen (secondary N) is 2. The van der Waals surface area contributed by atoms with E-state index in [2.05, 4.69) is 15.6 Å². The maximum atomic E-state index is 13.4. The van der Waals surface area contributed by atoms with Crippen LogP contribution in [0, 0.1) is 5.82 Å². The van der Waals surface area contributed by atoms with Crippen LogP contribution < -0.4 is 21.1 Å². The highest BCUT2D eigenvalue weighted by molar-refractivity contribution is 7.86. The number of ether oxygens (including phenoxy) is 1.